The average molecular weight is 338 g/mol. The largest absolute Gasteiger partial charge is 0.356 e. The first kappa shape index (κ1) is 17.9. The molecule has 1 aromatic heterocycles. The molecule has 23 heavy (non-hydrogen) atoms. The molecule has 0 saturated carbocycles. The highest BCUT2D eigenvalue weighted by molar-refractivity contribution is 7.09. The van der Waals surface area contributed by atoms with Gasteiger partial charge in [0.05, 0.1) is 17.5 Å². The van der Waals surface area contributed by atoms with Gasteiger partial charge in [0.15, 0.2) is 0 Å². The molecule has 1 unspecified atom stereocenters. The van der Waals surface area contributed by atoms with E-state index >= 15 is 0 Å². The van der Waals surface area contributed by atoms with Crippen LogP contribution < -0.4 is 10.6 Å². The van der Waals surface area contributed by atoms with E-state index < -0.39 is 0 Å². The number of carbonyl (C=O) groups excluding carboxylic acids is 2. The van der Waals surface area contributed by atoms with Crippen LogP contribution in [-0.2, 0) is 16.0 Å². The van der Waals surface area contributed by atoms with Crippen molar-refractivity contribution in [2.75, 3.05) is 19.6 Å². The molecular formula is C16H26N4O2S. The van der Waals surface area contributed by atoms with Crippen LogP contribution in [0.2, 0.25) is 0 Å². The maximum atomic E-state index is 12.1. The molecule has 0 bridgehead atoms. The molecule has 2 heterocycles. The molecule has 1 atom stereocenters. The van der Waals surface area contributed by atoms with E-state index in [1.807, 2.05) is 12.3 Å². The van der Waals surface area contributed by atoms with Crippen molar-refractivity contribution in [2.45, 2.75) is 52.1 Å². The lowest BCUT2D eigenvalue weighted by Crippen LogP contribution is -2.58. The van der Waals surface area contributed by atoms with Crippen molar-refractivity contribution in [1.82, 2.24) is 20.5 Å². The number of aryl methyl sites for hydroxylation is 2. The highest BCUT2D eigenvalue weighted by Crippen LogP contribution is 2.13. The molecule has 0 spiro atoms. The monoisotopic (exact) mass is 338 g/mol. The van der Waals surface area contributed by atoms with Crippen molar-refractivity contribution in [3.05, 3.63) is 16.1 Å². The Kier molecular flexibility index (Phi) is 6.53. The number of nitrogens with one attached hydrogen (secondary N) is 2. The van der Waals surface area contributed by atoms with E-state index in [1.165, 1.54) is 0 Å². The van der Waals surface area contributed by atoms with Gasteiger partial charge in [0.25, 0.3) is 0 Å². The molecule has 0 radical (unpaired) electrons. The SMILES string of the molecule is Cc1csc(CCCNC(=O)CC2C(=O)NCCN2C(C)C)n1. The molecule has 1 fully saturated rings. The van der Waals surface area contributed by atoms with Crippen LogP contribution in [0.1, 0.15) is 37.4 Å². The van der Waals surface area contributed by atoms with Crippen molar-refractivity contribution in [3.8, 4) is 0 Å². The van der Waals surface area contributed by atoms with Crippen LogP contribution in [0.3, 0.4) is 0 Å². The van der Waals surface area contributed by atoms with Crippen LogP contribution in [0.25, 0.3) is 0 Å². The van der Waals surface area contributed by atoms with Crippen LogP contribution in [0, 0.1) is 6.92 Å². The second kappa shape index (κ2) is 8.40. The fourth-order valence-corrected chi connectivity index (χ4v) is 3.61. The molecule has 1 aliphatic heterocycles. The Hall–Kier alpha value is -1.47. The minimum absolute atomic E-state index is 0.0432. The van der Waals surface area contributed by atoms with Crippen molar-refractivity contribution in [1.29, 1.82) is 0 Å². The number of thiazole rings is 1. The van der Waals surface area contributed by atoms with E-state index in [1.54, 1.807) is 11.3 Å². The number of hydrogen-bond acceptors (Lipinski definition) is 5. The summed E-state index contributed by atoms with van der Waals surface area (Å²) in [5.74, 6) is -0.105. The van der Waals surface area contributed by atoms with Gasteiger partial charge in [0.1, 0.15) is 0 Å². The molecule has 7 heteroatoms. The van der Waals surface area contributed by atoms with Gasteiger partial charge >= 0.3 is 0 Å². The third-order valence-electron chi connectivity index (χ3n) is 3.97. The minimum Gasteiger partial charge on any atom is -0.356 e. The number of nitrogens with zero attached hydrogens (tertiary/aromatic N) is 2. The first-order valence-corrected chi connectivity index (χ1v) is 9.06. The van der Waals surface area contributed by atoms with Gasteiger partial charge in [0, 0.05) is 43.2 Å². The summed E-state index contributed by atoms with van der Waals surface area (Å²) in [6, 6.07) is -0.0997. The first-order valence-electron chi connectivity index (χ1n) is 8.18. The lowest BCUT2D eigenvalue weighted by molar-refractivity contribution is -0.134. The Morgan fingerprint density at radius 2 is 2.35 bits per heavy atom. The van der Waals surface area contributed by atoms with E-state index in [4.69, 9.17) is 0 Å². The predicted octanol–water partition coefficient (Wildman–Crippen LogP) is 1.10. The zero-order chi connectivity index (χ0) is 16.8. The summed E-state index contributed by atoms with van der Waals surface area (Å²) in [6.07, 6.45) is 1.96. The number of rotatable bonds is 7. The Bertz CT molecular complexity index is 544. The van der Waals surface area contributed by atoms with Crippen molar-refractivity contribution < 1.29 is 9.59 Å². The number of hydrogen-bond donors (Lipinski definition) is 2. The number of carbonyl (C=O) groups is 2. The number of aromatic nitrogens is 1. The van der Waals surface area contributed by atoms with Gasteiger partial charge in [-0.2, -0.15) is 0 Å². The van der Waals surface area contributed by atoms with Gasteiger partial charge in [-0.25, -0.2) is 4.98 Å². The van der Waals surface area contributed by atoms with Crippen LogP contribution >= 0.6 is 11.3 Å². The minimum atomic E-state index is -0.356. The normalized spacial score (nSPS) is 19.0. The van der Waals surface area contributed by atoms with Crippen molar-refractivity contribution in [2.24, 2.45) is 0 Å². The number of piperazine rings is 1. The number of amides is 2. The van der Waals surface area contributed by atoms with Crippen LogP contribution in [0.4, 0.5) is 0 Å². The molecule has 6 nitrogen and oxygen atoms in total. The molecule has 1 aromatic rings. The Labute approximate surface area is 141 Å². The van der Waals surface area contributed by atoms with E-state index in [0.717, 1.165) is 30.1 Å². The smallest absolute Gasteiger partial charge is 0.237 e. The Balaban J connectivity index is 1.73. The zero-order valence-electron chi connectivity index (χ0n) is 14.1. The van der Waals surface area contributed by atoms with Gasteiger partial charge in [-0.3, -0.25) is 14.5 Å². The van der Waals surface area contributed by atoms with Crippen molar-refractivity contribution >= 4 is 23.2 Å². The maximum Gasteiger partial charge on any atom is 0.237 e. The fraction of sp³-hybridized carbons (Fsp3) is 0.688. The van der Waals surface area contributed by atoms with Gasteiger partial charge < -0.3 is 10.6 Å². The second-order valence-electron chi connectivity index (χ2n) is 6.18. The summed E-state index contributed by atoms with van der Waals surface area (Å²) < 4.78 is 0. The summed E-state index contributed by atoms with van der Waals surface area (Å²) in [5.41, 5.74) is 1.05. The summed E-state index contributed by atoms with van der Waals surface area (Å²) in [7, 11) is 0. The van der Waals surface area contributed by atoms with Crippen LogP contribution in [0.5, 0.6) is 0 Å². The third-order valence-corrected chi connectivity index (χ3v) is 5.00. The Morgan fingerprint density at radius 3 is 3.00 bits per heavy atom. The molecule has 128 valence electrons. The molecule has 1 saturated heterocycles. The topological polar surface area (TPSA) is 74.3 Å². The van der Waals surface area contributed by atoms with E-state index in [2.05, 4.69) is 34.4 Å². The summed E-state index contributed by atoms with van der Waals surface area (Å²) >= 11 is 1.66. The van der Waals surface area contributed by atoms with Gasteiger partial charge in [-0.1, -0.05) is 0 Å². The first-order chi connectivity index (χ1) is 11.0. The lowest BCUT2D eigenvalue weighted by Gasteiger charge is -2.37. The maximum absolute atomic E-state index is 12.1. The molecule has 0 aromatic carbocycles. The lowest BCUT2D eigenvalue weighted by atomic mass is 10.1. The van der Waals surface area contributed by atoms with Gasteiger partial charge in [-0.05, 0) is 27.2 Å². The van der Waals surface area contributed by atoms with Crippen LogP contribution in [-0.4, -0.2) is 53.4 Å². The average Bonchev–Trinajstić information content (AvgIpc) is 2.91. The molecule has 1 aliphatic rings. The van der Waals surface area contributed by atoms with Crippen LogP contribution in [0.15, 0.2) is 5.38 Å². The standard InChI is InChI=1S/C16H26N4O2S/c1-11(2)20-8-7-18-16(22)13(20)9-14(21)17-6-4-5-15-19-12(3)10-23-15/h10-11,13H,4-9H2,1-3H3,(H,17,21)(H,18,22). The summed E-state index contributed by atoms with van der Waals surface area (Å²) in [4.78, 5) is 30.6. The quantitative estimate of drug-likeness (QED) is 0.730. The van der Waals surface area contributed by atoms with E-state index in [0.29, 0.717) is 13.1 Å². The van der Waals surface area contributed by atoms with E-state index in [9.17, 15) is 9.59 Å². The fourth-order valence-electron chi connectivity index (χ4n) is 2.79. The van der Waals surface area contributed by atoms with Crippen molar-refractivity contribution in [3.63, 3.8) is 0 Å². The molecule has 2 N–H and O–H groups in total. The molecule has 2 rings (SSSR count). The van der Waals surface area contributed by atoms with Gasteiger partial charge in [0.2, 0.25) is 11.8 Å². The molecule has 2 amide bonds. The predicted molar refractivity (Wildman–Crippen MR) is 91.4 cm³/mol. The highest BCUT2D eigenvalue weighted by Gasteiger charge is 2.32. The Morgan fingerprint density at radius 1 is 1.57 bits per heavy atom. The van der Waals surface area contributed by atoms with E-state index in [-0.39, 0.29) is 30.3 Å². The molecule has 0 aliphatic carbocycles. The summed E-state index contributed by atoms with van der Waals surface area (Å²) in [6.45, 7) is 8.16. The molecular weight excluding hydrogens is 312 g/mol. The zero-order valence-corrected chi connectivity index (χ0v) is 14.9. The summed E-state index contributed by atoms with van der Waals surface area (Å²) in [5, 5.41) is 8.91. The second-order valence-corrected chi connectivity index (χ2v) is 7.12. The third kappa shape index (κ3) is 5.28. The highest BCUT2D eigenvalue weighted by atomic mass is 32.1. The van der Waals surface area contributed by atoms with Gasteiger partial charge in [-0.15, -0.1) is 11.3 Å².